The monoisotopic (exact) mass is 383 g/mol. The molecule has 1 aromatic heterocycles. The van der Waals surface area contributed by atoms with Crippen LogP contribution in [0.5, 0.6) is 5.75 Å². The van der Waals surface area contributed by atoms with Crippen LogP contribution in [0.3, 0.4) is 0 Å². The molecule has 2 aromatic rings. The van der Waals surface area contributed by atoms with Crippen LogP contribution in [0.25, 0.3) is 0 Å². The number of guanidine groups is 1. The second-order valence-electron chi connectivity index (χ2n) is 7.77. The fraction of sp³-hybridized carbons (Fsp3) is 0.545. The zero-order chi connectivity index (χ0) is 20.0. The van der Waals surface area contributed by atoms with Gasteiger partial charge in [-0.2, -0.15) is 5.10 Å². The highest BCUT2D eigenvalue weighted by molar-refractivity contribution is 5.79. The van der Waals surface area contributed by atoms with E-state index in [9.17, 15) is 0 Å². The van der Waals surface area contributed by atoms with E-state index in [1.54, 1.807) is 7.11 Å². The van der Waals surface area contributed by atoms with Gasteiger partial charge in [-0.25, -0.2) is 0 Å². The average molecular weight is 384 g/mol. The lowest BCUT2D eigenvalue weighted by Crippen LogP contribution is -2.39. The largest absolute Gasteiger partial charge is 0.497 e. The van der Waals surface area contributed by atoms with E-state index in [0.29, 0.717) is 0 Å². The summed E-state index contributed by atoms with van der Waals surface area (Å²) in [5, 5.41) is 7.72. The highest BCUT2D eigenvalue weighted by Crippen LogP contribution is 2.42. The summed E-state index contributed by atoms with van der Waals surface area (Å²) in [5.41, 5.74) is 2.63. The van der Waals surface area contributed by atoms with Crippen LogP contribution in [0.15, 0.2) is 41.7 Å². The van der Waals surface area contributed by atoms with Crippen molar-refractivity contribution in [3.63, 3.8) is 0 Å². The molecule has 6 heteroatoms. The van der Waals surface area contributed by atoms with Crippen LogP contribution >= 0.6 is 0 Å². The molecule has 0 amide bonds. The lowest BCUT2D eigenvalue weighted by atomic mass is 9.79. The molecule has 0 aliphatic heterocycles. The molecule has 0 bridgehead atoms. The average Bonchev–Trinajstić information content (AvgIpc) is 3.35. The fourth-order valence-corrected chi connectivity index (χ4v) is 4.14. The first-order chi connectivity index (χ1) is 13.6. The molecule has 1 N–H and O–H groups in total. The summed E-state index contributed by atoms with van der Waals surface area (Å²) in [6.07, 6.45) is 8.83. The Morgan fingerprint density at radius 3 is 2.79 bits per heavy atom. The summed E-state index contributed by atoms with van der Waals surface area (Å²) in [4.78, 5) is 7.24. The third-order valence-corrected chi connectivity index (χ3v) is 5.65. The Bertz CT molecular complexity index is 792. The van der Waals surface area contributed by atoms with Crippen LogP contribution < -0.4 is 10.1 Å². The molecule has 1 heterocycles. The summed E-state index contributed by atoms with van der Waals surface area (Å²) in [6, 6.07) is 8.53. The number of aromatic nitrogens is 2. The summed E-state index contributed by atoms with van der Waals surface area (Å²) < 4.78 is 7.30. The van der Waals surface area contributed by atoms with E-state index in [4.69, 9.17) is 9.73 Å². The van der Waals surface area contributed by atoms with Crippen molar-refractivity contribution in [3.05, 3.63) is 47.8 Å². The Morgan fingerprint density at radius 2 is 2.14 bits per heavy atom. The molecule has 0 atom stereocenters. The molecule has 3 rings (SSSR count). The van der Waals surface area contributed by atoms with Gasteiger partial charge in [-0.05, 0) is 37.5 Å². The van der Waals surface area contributed by atoms with E-state index in [1.165, 1.54) is 36.8 Å². The van der Waals surface area contributed by atoms with Crippen molar-refractivity contribution in [2.45, 2.75) is 44.6 Å². The second-order valence-corrected chi connectivity index (χ2v) is 7.77. The third kappa shape index (κ3) is 4.66. The zero-order valence-electron chi connectivity index (χ0n) is 17.6. The van der Waals surface area contributed by atoms with Crippen LogP contribution in [-0.4, -0.2) is 47.9 Å². The predicted octanol–water partition coefficient (Wildman–Crippen LogP) is 3.34. The molecule has 0 radical (unpaired) electrons. The van der Waals surface area contributed by atoms with Crippen molar-refractivity contribution >= 4 is 5.96 Å². The predicted molar refractivity (Wildman–Crippen MR) is 114 cm³/mol. The van der Waals surface area contributed by atoms with Crippen LogP contribution in [0.2, 0.25) is 0 Å². The molecule has 1 saturated carbocycles. The standard InChI is InChI=1S/C22H33N5O/c1-5-23-21(26(2)15-18-14-25-27(3)16-18)24-17-22(11-6-7-12-22)19-9-8-10-20(13-19)28-4/h8-10,13-14,16H,5-7,11-12,15,17H2,1-4H3,(H,23,24). The van der Waals surface area contributed by atoms with Gasteiger partial charge in [0.1, 0.15) is 5.75 Å². The van der Waals surface area contributed by atoms with Crippen LogP contribution in [0.1, 0.15) is 43.7 Å². The van der Waals surface area contributed by atoms with E-state index in [0.717, 1.165) is 31.3 Å². The van der Waals surface area contributed by atoms with Crippen LogP contribution in [0.4, 0.5) is 0 Å². The quantitative estimate of drug-likeness (QED) is 0.589. The van der Waals surface area contributed by atoms with Crippen LogP contribution in [0, 0.1) is 0 Å². The number of methoxy groups -OCH3 is 1. The summed E-state index contributed by atoms with van der Waals surface area (Å²) in [5.74, 6) is 1.87. The Morgan fingerprint density at radius 1 is 1.36 bits per heavy atom. The van der Waals surface area contributed by atoms with Crippen molar-refractivity contribution in [3.8, 4) is 5.75 Å². The minimum atomic E-state index is 0.102. The smallest absolute Gasteiger partial charge is 0.193 e. The minimum absolute atomic E-state index is 0.102. The number of hydrogen-bond acceptors (Lipinski definition) is 3. The first kappa shape index (κ1) is 20.2. The maximum Gasteiger partial charge on any atom is 0.193 e. The normalized spacial score (nSPS) is 16.2. The molecule has 0 saturated heterocycles. The lowest BCUT2D eigenvalue weighted by molar-refractivity contribution is 0.406. The number of aliphatic imine (C=N–C) groups is 1. The number of nitrogens with zero attached hydrogens (tertiary/aromatic N) is 4. The SMILES string of the molecule is CCNC(=NCC1(c2cccc(OC)c2)CCCC1)N(C)Cc1cnn(C)c1. The van der Waals surface area contributed by atoms with Gasteiger partial charge in [0.05, 0.1) is 19.9 Å². The Kier molecular flexibility index (Phi) is 6.60. The van der Waals surface area contributed by atoms with Gasteiger partial charge >= 0.3 is 0 Å². The summed E-state index contributed by atoms with van der Waals surface area (Å²) in [7, 11) is 5.76. The fourth-order valence-electron chi connectivity index (χ4n) is 4.14. The van der Waals surface area contributed by atoms with E-state index in [2.05, 4.69) is 53.7 Å². The van der Waals surface area contributed by atoms with Crippen LogP contribution in [-0.2, 0) is 19.0 Å². The maximum absolute atomic E-state index is 5.47. The number of benzene rings is 1. The van der Waals surface area contributed by atoms with Gasteiger partial charge in [0, 0.05) is 44.4 Å². The van der Waals surface area contributed by atoms with Gasteiger partial charge in [0.25, 0.3) is 0 Å². The minimum Gasteiger partial charge on any atom is -0.497 e. The van der Waals surface area contributed by atoms with E-state index in [1.807, 2.05) is 24.0 Å². The zero-order valence-corrected chi connectivity index (χ0v) is 17.6. The number of aryl methyl sites for hydroxylation is 1. The number of hydrogen-bond donors (Lipinski definition) is 1. The number of nitrogens with one attached hydrogen (secondary N) is 1. The van der Waals surface area contributed by atoms with Crippen molar-refractivity contribution in [2.75, 3.05) is 27.2 Å². The van der Waals surface area contributed by atoms with E-state index >= 15 is 0 Å². The second kappa shape index (κ2) is 9.13. The van der Waals surface area contributed by atoms with E-state index < -0.39 is 0 Å². The van der Waals surface area contributed by atoms with Crippen molar-refractivity contribution < 1.29 is 4.74 Å². The first-order valence-electron chi connectivity index (χ1n) is 10.2. The van der Waals surface area contributed by atoms with Gasteiger partial charge in [-0.1, -0.05) is 25.0 Å². The molecule has 1 aliphatic rings. The van der Waals surface area contributed by atoms with Crippen molar-refractivity contribution in [1.29, 1.82) is 0 Å². The molecular weight excluding hydrogens is 350 g/mol. The molecule has 28 heavy (non-hydrogen) atoms. The lowest BCUT2D eigenvalue weighted by Gasteiger charge is -2.30. The summed E-state index contributed by atoms with van der Waals surface area (Å²) in [6.45, 7) is 4.54. The first-order valence-corrected chi connectivity index (χ1v) is 10.2. The number of ether oxygens (including phenoxy) is 1. The van der Waals surface area contributed by atoms with Gasteiger partial charge < -0.3 is 15.0 Å². The molecule has 1 fully saturated rings. The highest BCUT2D eigenvalue weighted by atomic mass is 16.5. The highest BCUT2D eigenvalue weighted by Gasteiger charge is 2.36. The number of rotatable bonds is 7. The molecular formula is C22H33N5O. The molecule has 0 unspecified atom stereocenters. The van der Waals surface area contributed by atoms with Gasteiger partial charge in [-0.3, -0.25) is 9.67 Å². The molecule has 1 aromatic carbocycles. The molecule has 152 valence electrons. The third-order valence-electron chi connectivity index (χ3n) is 5.65. The van der Waals surface area contributed by atoms with E-state index in [-0.39, 0.29) is 5.41 Å². The Hall–Kier alpha value is -2.50. The van der Waals surface area contributed by atoms with Gasteiger partial charge in [-0.15, -0.1) is 0 Å². The topological polar surface area (TPSA) is 54.7 Å². The molecule has 0 spiro atoms. The Balaban J connectivity index is 1.80. The Labute approximate surface area is 168 Å². The van der Waals surface area contributed by atoms with Crippen molar-refractivity contribution in [1.82, 2.24) is 20.0 Å². The van der Waals surface area contributed by atoms with Crippen molar-refractivity contribution in [2.24, 2.45) is 12.0 Å². The molecule has 6 nitrogen and oxygen atoms in total. The summed E-state index contributed by atoms with van der Waals surface area (Å²) >= 11 is 0. The van der Waals surface area contributed by atoms with Gasteiger partial charge in [0.2, 0.25) is 0 Å². The van der Waals surface area contributed by atoms with Gasteiger partial charge in [0.15, 0.2) is 5.96 Å². The maximum atomic E-state index is 5.47. The molecule has 1 aliphatic carbocycles.